The number of nitrogens with two attached hydrogens (primary N) is 2. The molecule has 1 spiro atoms. The third-order valence-corrected chi connectivity index (χ3v) is 10.6. The average molecular weight is 656 g/mol. The van der Waals surface area contributed by atoms with Gasteiger partial charge in [0.25, 0.3) is 0 Å². The molecule has 0 bridgehead atoms. The lowest BCUT2D eigenvalue weighted by Crippen LogP contribution is -2.70. The Hall–Kier alpha value is -4.45. The van der Waals surface area contributed by atoms with E-state index in [1.54, 1.807) is 18.2 Å². The van der Waals surface area contributed by atoms with Crippen molar-refractivity contribution in [1.29, 1.82) is 0 Å². The minimum absolute atomic E-state index is 0.0298. The Balaban J connectivity index is 0.962. The number of nitrogens with one attached hydrogen (secondary N) is 1. The summed E-state index contributed by atoms with van der Waals surface area (Å²) in [5.74, 6) is 1.38. The van der Waals surface area contributed by atoms with E-state index in [-0.39, 0.29) is 23.3 Å². The summed E-state index contributed by atoms with van der Waals surface area (Å²) in [6, 6.07) is 7.99. The van der Waals surface area contributed by atoms with Crippen molar-refractivity contribution in [2.24, 2.45) is 11.1 Å². The lowest BCUT2D eigenvalue weighted by Gasteiger charge is -2.62. The zero-order chi connectivity index (χ0) is 34.0. The van der Waals surface area contributed by atoms with E-state index in [2.05, 4.69) is 33.5 Å². The molecule has 1 aliphatic carbocycles. The molecular formula is C36H49N9O3. The molecule has 2 unspecified atom stereocenters. The highest BCUT2D eigenvalue weighted by molar-refractivity contribution is 5.86. The summed E-state index contributed by atoms with van der Waals surface area (Å²) in [6.45, 7) is 15.4. The van der Waals surface area contributed by atoms with E-state index in [1.165, 1.54) is 0 Å². The van der Waals surface area contributed by atoms with Gasteiger partial charge in [-0.25, -0.2) is 14.8 Å². The zero-order valence-corrected chi connectivity index (χ0v) is 28.7. The number of phenolic OH excluding ortho intramolecular Hbond substituents is 1. The van der Waals surface area contributed by atoms with Crippen LogP contribution in [-0.2, 0) is 11.2 Å². The van der Waals surface area contributed by atoms with E-state index < -0.39 is 5.60 Å². The van der Waals surface area contributed by atoms with Gasteiger partial charge in [0.15, 0.2) is 0 Å². The highest BCUT2D eigenvalue weighted by Gasteiger charge is 2.56. The van der Waals surface area contributed by atoms with Gasteiger partial charge in [0.1, 0.15) is 17.2 Å². The molecular weight excluding hydrogens is 606 g/mol. The number of nitrogen functional groups attached to an aromatic ring is 1. The number of nitrogens with zero attached hydrogens (tertiary/aromatic N) is 6. The second-order valence-corrected chi connectivity index (χ2v) is 15.3. The van der Waals surface area contributed by atoms with Crippen molar-refractivity contribution in [1.82, 2.24) is 24.8 Å². The minimum atomic E-state index is -0.455. The highest BCUT2D eigenvalue weighted by atomic mass is 16.6. The van der Waals surface area contributed by atoms with Crippen LogP contribution in [0.5, 0.6) is 5.75 Å². The van der Waals surface area contributed by atoms with E-state index in [0.717, 1.165) is 81.0 Å². The molecule has 3 aliphatic heterocycles. The van der Waals surface area contributed by atoms with Gasteiger partial charge in [-0.3, -0.25) is 4.90 Å². The number of anilines is 3. The molecule has 12 heteroatoms. The lowest BCUT2D eigenvalue weighted by atomic mass is 9.60. The molecule has 5 heterocycles. The van der Waals surface area contributed by atoms with Gasteiger partial charge < -0.3 is 41.0 Å². The van der Waals surface area contributed by atoms with Gasteiger partial charge >= 0.3 is 6.09 Å². The van der Waals surface area contributed by atoms with Gasteiger partial charge in [-0.2, -0.15) is 0 Å². The number of likely N-dealkylation sites (tertiary alicyclic amines) is 1. The van der Waals surface area contributed by atoms with Crippen molar-refractivity contribution < 1.29 is 14.6 Å². The molecule has 1 saturated carbocycles. The predicted molar refractivity (Wildman–Crippen MR) is 189 cm³/mol. The maximum atomic E-state index is 12.4. The Morgan fingerprint density at radius 3 is 2.48 bits per heavy atom. The monoisotopic (exact) mass is 655 g/mol. The molecule has 1 amide bonds. The smallest absolute Gasteiger partial charge is 0.410 e. The first-order valence-corrected chi connectivity index (χ1v) is 17.1. The molecule has 7 rings (SSSR count). The number of rotatable bonds is 5. The summed E-state index contributed by atoms with van der Waals surface area (Å²) in [5.41, 5.74) is 17.8. The number of hydrogen-bond acceptors (Lipinski definition) is 10. The maximum Gasteiger partial charge on any atom is 0.410 e. The van der Waals surface area contributed by atoms with Crippen LogP contribution in [0.3, 0.4) is 0 Å². The fourth-order valence-corrected chi connectivity index (χ4v) is 8.27. The van der Waals surface area contributed by atoms with Gasteiger partial charge in [-0.15, -0.1) is 0 Å². The van der Waals surface area contributed by atoms with Gasteiger partial charge in [-0.1, -0.05) is 12.1 Å². The Morgan fingerprint density at radius 2 is 1.81 bits per heavy atom. The molecule has 2 aromatic heterocycles. The minimum Gasteiger partial charge on any atom is -0.507 e. The number of aromatic hydroxyl groups is 1. The largest absolute Gasteiger partial charge is 0.507 e. The van der Waals surface area contributed by atoms with E-state index in [4.69, 9.17) is 26.2 Å². The first-order valence-electron chi connectivity index (χ1n) is 17.1. The third-order valence-electron chi connectivity index (χ3n) is 10.6. The molecule has 6 N–H and O–H groups in total. The van der Waals surface area contributed by atoms with Crippen LogP contribution in [-0.4, -0.2) is 92.9 Å². The van der Waals surface area contributed by atoms with E-state index in [1.807, 2.05) is 50.2 Å². The predicted octanol–water partition coefficient (Wildman–Crippen LogP) is 4.58. The number of ether oxygens (including phenoxy) is 1. The average Bonchev–Trinajstić information content (AvgIpc) is 3.31. The standard InChI is InChI=1S/C36H49N9O3/c1-22-19-42(12-13-44(22)24-15-36(16-24)20-43(21-36)34(47)48-35(3,4)5)25-17-39-33(40-18-25)45-11-10-29-31(23(45)2)27(32(38)41-29)14-28(37)26-8-6-7-9-30(26)46/h6-9,14,17-18,22-24,41,46H,10-13,15-16,19-21,37-38H2,1-5H3/b28-14-. The molecule has 3 fully saturated rings. The summed E-state index contributed by atoms with van der Waals surface area (Å²) in [6.07, 6.45) is 8.64. The van der Waals surface area contributed by atoms with Crippen molar-refractivity contribution in [3.8, 4) is 5.75 Å². The van der Waals surface area contributed by atoms with Crippen LogP contribution in [0.25, 0.3) is 11.8 Å². The number of fused-ring (bicyclic) bond motifs is 1. The zero-order valence-electron chi connectivity index (χ0n) is 28.7. The number of carbonyl (C=O) groups is 1. The first kappa shape index (κ1) is 32.1. The maximum absolute atomic E-state index is 12.4. The number of benzene rings is 1. The van der Waals surface area contributed by atoms with Crippen LogP contribution in [0.15, 0.2) is 36.7 Å². The number of amides is 1. The summed E-state index contributed by atoms with van der Waals surface area (Å²) in [5, 5.41) is 10.3. The van der Waals surface area contributed by atoms with Gasteiger partial charge in [0, 0.05) is 91.3 Å². The van der Waals surface area contributed by atoms with Gasteiger partial charge in [0.05, 0.1) is 24.1 Å². The molecule has 1 aromatic carbocycles. The first-order chi connectivity index (χ1) is 22.8. The van der Waals surface area contributed by atoms with Crippen LogP contribution >= 0.6 is 0 Å². The van der Waals surface area contributed by atoms with Crippen molar-refractivity contribution in [3.63, 3.8) is 0 Å². The summed E-state index contributed by atoms with van der Waals surface area (Å²) < 4.78 is 5.55. The van der Waals surface area contributed by atoms with E-state index >= 15 is 0 Å². The topological polar surface area (TPSA) is 153 Å². The van der Waals surface area contributed by atoms with Crippen LogP contribution in [0.4, 0.5) is 22.2 Å². The summed E-state index contributed by atoms with van der Waals surface area (Å²) >= 11 is 0. The van der Waals surface area contributed by atoms with Crippen LogP contribution in [0.1, 0.15) is 75.9 Å². The molecule has 0 radical (unpaired) electrons. The van der Waals surface area contributed by atoms with Crippen molar-refractivity contribution >= 4 is 35.3 Å². The number of phenols is 1. The summed E-state index contributed by atoms with van der Waals surface area (Å²) in [7, 11) is 0. The number of piperazine rings is 1. The molecule has 12 nitrogen and oxygen atoms in total. The summed E-state index contributed by atoms with van der Waals surface area (Å²) in [4.78, 5) is 34.6. The number of para-hydroxylation sites is 1. The fourth-order valence-electron chi connectivity index (χ4n) is 8.27. The quantitative estimate of drug-likeness (QED) is 0.307. The number of carbonyl (C=O) groups excluding carboxylic acids is 1. The molecule has 2 atom stereocenters. The van der Waals surface area contributed by atoms with Gasteiger partial charge in [0.2, 0.25) is 5.95 Å². The normalized spacial score (nSPS) is 23.1. The Bertz CT molecular complexity index is 1700. The third kappa shape index (κ3) is 5.91. The second-order valence-electron chi connectivity index (χ2n) is 15.3. The molecule has 3 aromatic rings. The highest BCUT2D eigenvalue weighted by Crippen LogP contribution is 2.51. The fraction of sp³-hybridized carbons (Fsp3) is 0.528. The molecule has 4 aliphatic rings. The number of H-pyrrole nitrogens is 1. The Kier molecular flexibility index (Phi) is 7.97. The SMILES string of the molecule is CC1c2c([nH]c(N)c2/C=C(\N)c2ccccc2O)CCN1c1ncc(N2CCN(C3CC4(C3)CN(C(=O)OC(C)(C)C)C4)C(C)C2)cn1. The second kappa shape index (κ2) is 11.9. The van der Waals surface area contributed by atoms with Crippen molar-refractivity contribution in [2.45, 2.75) is 77.6 Å². The van der Waals surface area contributed by atoms with Crippen LogP contribution < -0.4 is 21.3 Å². The molecule has 256 valence electrons. The molecule has 48 heavy (non-hydrogen) atoms. The number of aromatic amines is 1. The van der Waals surface area contributed by atoms with Crippen molar-refractivity contribution in [3.05, 3.63) is 59.0 Å². The van der Waals surface area contributed by atoms with E-state index in [9.17, 15) is 9.90 Å². The van der Waals surface area contributed by atoms with Crippen LogP contribution in [0, 0.1) is 5.41 Å². The van der Waals surface area contributed by atoms with E-state index in [0.29, 0.717) is 35.1 Å². The number of hydrogen-bond donors (Lipinski definition) is 4. The Morgan fingerprint density at radius 1 is 1.10 bits per heavy atom. The number of aromatic nitrogens is 3. The van der Waals surface area contributed by atoms with Crippen LogP contribution in [0.2, 0.25) is 0 Å². The Labute approximate surface area is 282 Å². The lowest BCUT2D eigenvalue weighted by molar-refractivity contribution is -0.114. The van der Waals surface area contributed by atoms with Crippen molar-refractivity contribution in [2.75, 3.05) is 54.8 Å². The van der Waals surface area contributed by atoms with Gasteiger partial charge in [-0.05, 0) is 65.7 Å². The molecule has 2 saturated heterocycles.